The normalized spacial score (nSPS) is 29.8. The lowest BCUT2D eigenvalue weighted by atomic mass is 9.81. The summed E-state index contributed by atoms with van der Waals surface area (Å²) in [5, 5.41) is 9.66. The molecule has 2 fully saturated rings. The van der Waals surface area contributed by atoms with Crippen LogP contribution in [0.4, 0.5) is 0 Å². The van der Waals surface area contributed by atoms with Crippen LogP contribution >= 0.6 is 15.9 Å². The Morgan fingerprint density at radius 3 is 3.09 bits per heavy atom. The lowest BCUT2D eigenvalue weighted by Crippen LogP contribution is -2.35. The lowest BCUT2D eigenvalue weighted by Gasteiger charge is -2.23. The van der Waals surface area contributed by atoms with Crippen LogP contribution < -0.4 is 9.47 Å². The van der Waals surface area contributed by atoms with E-state index in [-0.39, 0.29) is 6.79 Å². The minimum Gasteiger partial charge on any atom is -0.481 e. The lowest BCUT2D eigenvalue weighted by molar-refractivity contribution is -0.149. The number of rotatable bonds is 3. The minimum absolute atomic E-state index is 0.255. The summed E-state index contributed by atoms with van der Waals surface area (Å²) in [6.45, 7) is 2.53. The van der Waals surface area contributed by atoms with Crippen molar-refractivity contribution in [2.45, 2.75) is 25.8 Å². The number of nitrogens with zero attached hydrogens (tertiary/aromatic N) is 1. The van der Waals surface area contributed by atoms with Gasteiger partial charge in [0.25, 0.3) is 0 Å². The summed E-state index contributed by atoms with van der Waals surface area (Å²) in [7, 11) is 0. The molecule has 6 heteroatoms. The molecule has 4 rings (SSSR count). The van der Waals surface area contributed by atoms with E-state index < -0.39 is 11.4 Å². The van der Waals surface area contributed by atoms with Crippen LogP contribution in [0.5, 0.6) is 11.5 Å². The smallest absolute Gasteiger partial charge is 0.311 e. The number of hydrogen-bond acceptors (Lipinski definition) is 4. The quantitative estimate of drug-likeness (QED) is 0.889. The van der Waals surface area contributed by atoms with Gasteiger partial charge in [0.05, 0.1) is 9.89 Å². The number of fused-ring (bicyclic) bond motifs is 2. The van der Waals surface area contributed by atoms with Crippen LogP contribution in [0.2, 0.25) is 0 Å². The van der Waals surface area contributed by atoms with Crippen LogP contribution in [0.1, 0.15) is 24.8 Å². The van der Waals surface area contributed by atoms with E-state index in [0.29, 0.717) is 12.5 Å². The topological polar surface area (TPSA) is 59.0 Å². The van der Waals surface area contributed by atoms with E-state index in [1.54, 1.807) is 0 Å². The van der Waals surface area contributed by atoms with Crippen molar-refractivity contribution in [3.63, 3.8) is 0 Å². The van der Waals surface area contributed by atoms with E-state index in [4.69, 9.17) is 9.47 Å². The SMILES string of the molecule is O=C(O)[C@@]12CCC[C@H]1CN(Cc1cc(Br)c3c(c1)OCO3)C2. The van der Waals surface area contributed by atoms with Crippen LogP contribution in [0.3, 0.4) is 0 Å². The Morgan fingerprint density at radius 2 is 2.32 bits per heavy atom. The standard InChI is InChI=1S/C16H18BrNO4/c17-12-4-10(5-13-14(12)22-9-21-13)6-18-7-11-2-1-3-16(11,8-18)15(19)20/h4-5,11H,1-3,6-9H2,(H,19,20)/t11-,16+/m0/s1. The highest BCUT2D eigenvalue weighted by Crippen LogP contribution is 2.49. The molecule has 5 nitrogen and oxygen atoms in total. The fourth-order valence-electron chi connectivity index (χ4n) is 4.23. The Kier molecular flexibility index (Phi) is 3.34. The molecule has 0 radical (unpaired) electrons. The number of carboxylic acids is 1. The summed E-state index contributed by atoms with van der Waals surface area (Å²) < 4.78 is 11.7. The molecule has 1 N–H and O–H groups in total. The predicted octanol–water partition coefficient (Wildman–Crippen LogP) is 2.86. The molecule has 0 aromatic heterocycles. The highest BCUT2D eigenvalue weighted by atomic mass is 79.9. The molecule has 118 valence electrons. The predicted molar refractivity (Wildman–Crippen MR) is 83.0 cm³/mol. The van der Waals surface area contributed by atoms with Crippen LogP contribution in [-0.4, -0.2) is 35.9 Å². The van der Waals surface area contributed by atoms with E-state index in [1.807, 2.05) is 12.1 Å². The first-order valence-electron chi connectivity index (χ1n) is 7.62. The summed E-state index contributed by atoms with van der Waals surface area (Å²) in [6, 6.07) is 4.03. The van der Waals surface area contributed by atoms with Crippen molar-refractivity contribution in [2.24, 2.45) is 11.3 Å². The largest absolute Gasteiger partial charge is 0.481 e. The molecule has 1 saturated carbocycles. The molecule has 2 aliphatic heterocycles. The zero-order valence-corrected chi connectivity index (χ0v) is 13.8. The van der Waals surface area contributed by atoms with Gasteiger partial charge in [0.1, 0.15) is 0 Å². The Balaban J connectivity index is 1.54. The third kappa shape index (κ3) is 2.12. The van der Waals surface area contributed by atoms with Gasteiger partial charge >= 0.3 is 5.97 Å². The van der Waals surface area contributed by atoms with Crippen molar-refractivity contribution in [1.29, 1.82) is 0 Å². The maximum atomic E-state index is 11.7. The number of aliphatic carboxylic acids is 1. The fourth-order valence-corrected chi connectivity index (χ4v) is 4.84. The minimum atomic E-state index is -0.621. The van der Waals surface area contributed by atoms with Gasteiger partial charge < -0.3 is 14.6 Å². The van der Waals surface area contributed by atoms with E-state index in [1.165, 1.54) is 0 Å². The van der Waals surface area contributed by atoms with Crippen molar-refractivity contribution in [2.75, 3.05) is 19.9 Å². The molecule has 2 atom stereocenters. The molecule has 1 aromatic rings. The third-order valence-electron chi connectivity index (χ3n) is 5.26. The van der Waals surface area contributed by atoms with Crippen molar-refractivity contribution in [3.8, 4) is 11.5 Å². The average Bonchev–Trinajstić information content (AvgIpc) is 3.11. The van der Waals surface area contributed by atoms with Gasteiger partial charge in [-0.05, 0) is 52.4 Å². The van der Waals surface area contributed by atoms with Gasteiger partial charge in [-0.2, -0.15) is 0 Å². The monoisotopic (exact) mass is 367 g/mol. The van der Waals surface area contributed by atoms with Gasteiger partial charge in [-0.1, -0.05) is 6.42 Å². The molecule has 3 aliphatic rings. The maximum absolute atomic E-state index is 11.7. The van der Waals surface area contributed by atoms with Gasteiger partial charge in [-0.25, -0.2) is 0 Å². The highest BCUT2D eigenvalue weighted by molar-refractivity contribution is 9.10. The van der Waals surface area contributed by atoms with E-state index in [2.05, 4.69) is 20.8 Å². The molecule has 0 unspecified atom stereocenters. The Labute approximate surface area is 137 Å². The summed E-state index contributed by atoms with van der Waals surface area (Å²) in [5.41, 5.74) is 0.602. The first-order chi connectivity index (χ1) is 10.6. The molecule has 1 aliphatic carbocycles. The molecule has 0 spiro atoms. The molecule has 0 bridgehead atoms. The first-order valence-corrected chi connectivity index (χ1v) is 8.41. The van der Waals surface area contributed by atoms with Crippen molar-refractivity contribution >= 4 is 21.9 Å². The number of halogens is 1. The average molecular weight is 368 g/mol. The molecular weight excluding hydrogens is 350 g/mol. The number of hydrogen-bond donors (Lipinski definition) is 1. The van der Waals surface area contributed by atoms with Crippen LogP contribution in [-0.2, 0) is 11.3 Å². The second-order valence-corrected chi connectivity index (χ2v) is 7.39. The van der Waals surface area contributed by atoms with Gasteiger partial charge in [0, 0.05) is 19.6 Å². The molecule has 1 aromatic carbocycles. The number of ether oxygens (including phenoxy) is 2. The maximum Gasteiger partial charge on any atom is 0.311 e. The van der Waals surface area contributed by atoms with Gasteiger partial charge in [0.15, 0.2) is 11.5 Å². The summed E-state index contributed by atoms with van der Waals surface area (Å²) >= 11 is 3.51. The van der Waals surface area contributed by atoms with Gasteiger partial charge in [-0.3, -0.25) is 9.69 Å². The Bertz CT molecular complexity index is 635. The molecule has 2 heterocycles. The first kappa shape index (κ1) is 14.3. The van der Waals surface area contributed by atoms with Crippen molar-refractivity contribution in [1.82, 2.24) is 4.90 Å². The van der Waals surface area contributed by atoms with Crippen LogP contribution in [0.15, 0.2) is 16.6 Å². The van der Waals surface area contributed by atoms with Crippen LogP contribution in [0.25, 0.3) is 0 Å². The van der Waals surface area contributed by atoms with Gasteiger partial charge in [0.2, 0.25) is 6.79 Å². The van der Waals surface area contributed by atoms with Crippen molar-refractivity contribution in [3.05, 3.63) is 22.2 Å². The summed E-state index contributed by atoms with van der Waals surface area (Å²) in [4.78, 5) is 14.0. The summed E-state index contributed by atoms with van der Waals surface area (Å²) in [5.74, 6) is 1.19. The van der Waals surface area contributed by atoms with Crippen molar-refractivity contribution < 1.29 is 19.4 Å². The zero-order valence-electron chi connectivity index (χ0n) is 12.2. The molecule has 1 saturated heterocycles. The number of carbonyl (C=O) groups is 1. The fraction of sp³-hybridized carbons (Fsp3) is 0.562. The molecule has 22 heavy (non-hydrogen) atoms. The van der Waals surface area contributed by atoms with E-state index in [0.717, 1.165) is 53.9 Å². The van der Waals surface area contributed by atoms with E-state index in [9.17, 15) is 9.90 Å². The highest BCUT2D eigenvalue weighted by Gasteiger charge is 2.54. The molecular formula is C16H18BrNO4. The Hall–Kier alpha value is -1.27. The van der Waals surface area contributed by atoms with Crippen LogP contribution in [0, 0.1) is 11.3 Å². The Morgan fingerprint density at radius 1 is 1.45 bits per heavy atom. The second-order valence-electron chi connectivity index (χ2n) is 6.53. The summed E-state index contributed by atoms with van der Waals surface area (Å²) in [6.07, 6.45) is 2.89. The third-order valence-corrected chi connectivity index (χ3v) is 5.85. The number of carboxylic acid groups (broad SMARTS) is 1. The number of likely N-dealkylation sites (tertiary alicyclic amines) is 1. The second kappa shape index (κ2) is 5.13. The zero-order chi connectivity index (χ0) is 15.3. The molecule has 0 amide bonds. The van der Waals surface area contributed by atoms with Gasteiger partial charge in [-0.15, -0.1) is 0 Å². The van der Waals surface area contributed by atoms with E-state index >= 15 is 0 Å². The number of benzene rings is 1.